The highest BCUT2D eigenvalue weighted by Crippen LogP contribution is 2.09. The quantitative estimate of drug-likeness (QED) is 0.709. The summed E-state index contributed by atoms with van der Waals surface area (Å²) < 4.78 is 5.00. The van der Waals surface area contributed by atoms with Gasteiger partial charge in [0.2, 0.25) is 0 Å². The monoisotopic (exact) mass is 214 g/mol. The fourth-order valence-corrected chi connectivity index (χ4v) is 1.52. The van der Waals surface area contributed by atoms with Crippen LogP contribution in [0.15, 0.2) is 0 Å². The molecule has 1 heterocycles. The van der Waals surface area contributed by atoms with Crippen LogP contribution in [0, 0.1) is 5.92 Å². The fraction of sp³-hybridized carbons (Fsp3) is 0.889. The highest BCUT2D eigenvalue weighted by atomic mass is 16.5. The van der Waals surface area contributed by atoms with E-state index in [1.807, 2.05) is 6.92 Å². The van der Waals surface area contributed by atoms with Gasteiger partial charge in [0, 0.05) is 20.1 Å². The van der Waals surface area contributed by atoms with E-state index in [9.17, 15) is 5.11 Å². The molecule has 0 aliphatic rings. The number of rotatable bonds is 6. The average molecular weight is 214 g/mol. The van der Waals surface area contributed by atoms with E-state index < -0.39 is 6.10 Å². The second-order valence-electron chi connectivity index (χ2n) is 3.85. The van der Waals surface area contributed by atoms with Gasteiger partial charge in [-0.1, -0.05) is 6.92 Å². The fourth-order valence-electron chi connectivity index (χ4n) is 1.52. The lowest BCUT2D eigenvalue weighted by Crippen LogP contribution is -2.18. The molecule has 0 aliphatic heterocycles. The second kappa shape index (κ2) is 5.77. The minimum absolute atomic E-state index is 0.335. The van der Waals surface area contributed by atoms with Crippen molar-refractivity contribution in [3.05, 3.63) is 5.82 Å². The minimum atomic E-state index is -0.431. The molecular formula is C9H18N4O2. The first-order valence-electron chi connectivity index (χ1n) is 5.01. The summed E-state index contributed by atoms with van der Waals surface area (Å²) in [4.78, 5) is 1.39. The maximum absolute atomic E-state index is 9.74. The predicted octanol–water partition coefficient (Wildman–Crippen LogP) is -0.214. The van der Waals surface area contributed by atoms with Crippen molar-refractivity contribution >= 4 is 0 Å². The maximum Gasteiger partial charge on any atom is 0.177 e. The van der Waals surface area contributed by atoms with Crippen molar-refractivity contribution in [2.45, 2.75) is 25.9 Å². The third-order valence-electron chi connectivity index (χ3n) is 2.09. The number of tetrazole rings is 1. The van der Waals surface area contributed by atoms with Crippen LogP contribution in [-0.4, -0.2) is 45.1 Å². The molecule has 86 valence electrons. The van der Waals surface area contributed by atoms with Crippen molar-refractivity contribution in [2.24, 2.45) is 13.0 Å². The summed E-state index contributed by atoms with van der Waals surface area (Å²) in [5.74, 6) is 0.913. The number of aliphatic hydroxyl groups excluding tert-OH is 1. The molecule has 2 unspecified atom stereocenters. The number of aryl methyl sites for hydroxylation is 1. The Bertz CT molecular complexity index is 289. The van der Waals surface area contributed by atoms with E-state index in [0.29, 0.717) is 31.2 Å². The Labute approximate surface area is 89.2 Å². The van der Waals surface area contributed by atoms with E-state index in [2.05, 4.69) is 15.4 Å². The van der Waals surface area contributed by atoms with Gasteiger partial charge in [-0.25, -0.2) is 0 Å². The zero-order chi connectivity index (χ0) is 11.3. The third kappa shape index (κ3) is 4.35. The topological polar surface area (TPSA) is 73.1 Å². The van der Waals surface area contributed by atoms with E-state index in [-0.39, 0.29) is 0 Å². The van der Waals surface area contributed by atoms with E-state index in [1.165, 1.54) is 4.80 Å². The maximum atomic E-state index is 9.74. The molecule has 0 fully saturated rings. The Hall–Kier alpha value is -1.01. The highest BCUT2D eigenvalue weighted by Gasteiger charge is 2.13. The summed E-state index contributed by atoms with van der Waals surface area (Å²) in [6.07, 6.45) is 0.702. The average Bonchev–Trinajstić information content (AvgIpc) is 2.51. The molecule has 1 rings (SSSR count). The summed E-state index contributed by atoms with van der Waals surface area (Å²) in [6, 6.07) is 0. The number of aromatic nitrogens is 4. The van der Waals surface area contributed by atoms with Crippen LogP contribution in [-0.2, 0) is 18.2 Å². The molecule has 1 aromatic rings. The van der Waals surface area contributed by atoms with E-state index in [0.717, 1.165) is 0 Å². The smallest absolute Gasteiger partial charge is 0.177 e. The lowest BCUT2D eigenvalue weighted by molar-refractivity contribution is 0.100. The summed E-state index contributed by atoms with van der Waals surface area (Å²) >= 11 is 0. The molecule has 15 heavy (non-hydrogen) atoms. The first kappa shape index (κ1) is 12.1. The van der Waals surface area contributed by atoms with E-state index >= 15 is 0 Å². The summed E-state index contributed by atoms with van der Waals surface area (Å²) in [6.45, 7) is 2.70. The van der Waals surface area contributed by atoms with Gasteiger partial charge in [0.1, 0.15) is 0 Å². The highest BCUT2D eigenvalue weighted by molar-refractivity contribution is 4.81. The van der Waals surface area contributed by atoms with Crippen LogP contribution in [0.2, 0.25) is 0 Å². The van der Waals surface area contributed by atoms with E-state index in [4.69, 9.17) is 4.74 Å². The Balaban J connectivity index is 2.32. The molecule has 0 spiro atoms. The lowest BCUT2D eigenvalue weighted by Gasteiger charge is -2.13. The van der Waals surface area contributed by atoms with Gasteiger partial charge in [-0.3, -0.25) is 0 Å². The Morgan fingerprint density at radius 1 is 1.53 bits per heavy atom. The van der Waals surface area contributed by atoms with Crippen LogP contribution >= 0.6 is 0 Å². The van der Waals surface area contributed by atoms with Gasteiger partial charge in [-0.2, -0.15) is 4.80 Å². The van der Waals surface area contributed by atoms with Crippen molar-refractivity contribution in [3.8, 4) is 0 Å². The second-order valence-corrected chi connectivity index (χ2v) is 3.85. The molecule has 0 aromatic carbocycles. The molecule has 2 atom stereocenters. The van der Waals surface area contributed by atoms with E-state index in [1.54, 1.807) is 14.2 Å². The molecule has 0 radical (unpaired) electrons. The molecule has 1 aromatic heterocycles. The Kier molecular flexibility index (Phi) is 4.64. The molecule has 6 heteroatoms. The number of hydrogen-bond donors (Lipinski definition) is 1. The number of ether oxygens (including phenoxy) is 1. The molecular weight excluding hydrogens is 196 g/mol. The van der Waals surface area contributed by atoms with Gasteiger partial charge in [0.15, 0.2) is 5.82 Å². The van der Waals surface area contributed by atoms with Crippen LogP contribution in [0.3, 0.4) is 0 Å². The number of aliphatic hydroxyl groups is 1. The van der Waals surface area contributed by atoms with Crippen molar-refractivity contribution in [3.63, 3.8) is 0 Å². The normalized spacial score (nSPS) is 15.2. The molecule has 1 N–H and O–H groups in total. The van der Waals surface area contributed by atoms with Crippen molar-refractivity contribution in [1.29, 1.82) is 0 Å². The molecule has 0 saturated carbocycles. The minimum Gasteiger partial charge on any atom is -0.393 e. The first-order valence-corrected chi connectivity index (χ1v) is 5.01. The number of nitrogens with zero attached hydrogens (tertiary/aromatic N) is 4. The standard InChI is InChI=1S/C9H18N4O2/c1-7(6-15-3)4-8(14)5-9-10-12-13(2)11-9/h7-8,14H,4-6H2,1-3H3. The number of hydrogen-bond acceptors (Lipinski definition) is 5. The van der Waals surface area contributed by atoms with Crippen LogP contribution < -0.4 is 0 Å². The van der Waals surface area contributed by atoms with Crippen molar-refractivity contribution in [1.82, 2.24) is 20.2 Å². The van der Waals surface area contributed by atoms with Crippen LogP contribution in [0.5, 0.6) is 0 Å². The predicted molar refractivity (Wildman–Crippen MR) is 54.2 cm³/mol. The van der Waals surface area contributed by atoms with Gasteiger partial charge in [-0.05, 0) is 17.6 Å². The largest absolute Gasteiger partial charge is 0.393 e. The molecule has 6 nitrogen and oxygen atoms in total. The first-order chi connectivity index (χ1) is 7.11. The van der Waals surface area contributed by atoms with Crippen LogP contribution in [0.1, 0.15) is 19.2 Å². The Morgan fingerprint density at radius 3 is 2.80 bits per heavy atom. The summed E-state index contributed by atoms with van der Waals surface area (Å²) in [5, 5.41) is 21.3. The van der Waals surface area contributed by atoms with Gasteiger partial charge >= 0.3 is 0 Å². The van der Waals surface area contributed by atoms with Crippen molar-refractivity contribution in [2.75, 3.05) is 13.7 Å². The van der Waals surface area contributed by atoms with Crippen LogP contribution in [0.4, 0.5) is 0 Å². The summed E-state index contributed by atoms with van der Waals surface area (Å²) in [7, 11) is 3.36. The molecule has 0 aliphatic carbocycles. The third-order valence-corrected chi connectivity index (χ3v) is 2.09. The van der Waals surface area contributed by atoms with Crippen LogP contribution in [0.25, 0.3) is 0 Å². The molecule has 0 bridgehead atoms. The lowest BCUT2D eigenvalue weighted by atomic mass is 10.0. The van der Waals surface area contributed by atoms with Gasteiger partial charge < -0.3 is 9.84 Å². The number of methoxy groups -OCH3 is 1. The Morgan fingerprint density at radius 2 is 2.27 bits per heavy atom. The van der Waals surface area contributed by atoms with Gasteiger partial charge in [0.05, 0.1) is 13.2 Å². The van der Waals surface area contributed by atoms with Crippen molar-refractivity contribution < 1.29 is 9.84 Å². The van der Waals surface area contributed by atoms with Gasteiger partial charge in [-0.15, -0.1) is 10.2 Å². The van der Waals surface area contributed by atoms with Gasteiger partial charge in [0.25, 0.3) is 0 Å². The molecule has 0 saturated heterocycles. The zero-order valence-corrected chi connectivity index (χ0v) is 9.42. The molecule has 0 amide bonds. The summed E-state index contributed by atoms with van der Waals surface area (Å²) in [5.41, 5.74) is 0. The SMILES string of the molecule is COCC(C)CC(O)Cc1nnn(C)n1. The zero-order valence-electron chi connectivity index (χ0n) is 9.42.